The number of amides is 1. The van der Waals surface area contributed by atoms with E-state index in [1.54, 1.807) is 36.5 Å². The van der Waals surface area contributed by atoms with Crippen LogP contribution in [0.1, 0.15) is 41.3 Å². The molecule has 2 N–H and O–H groups in total. The minimum absolute atomic E-state index is 0.270. The van der Waals surface area contributed by atoms with Gasteiger partial charge in [0.1, 0.15) is 23.3 Å². The lowest BCUT2D eigenvalue weighted by molar-refractivity contribution is 0.0954. The second kappa shape index (κ2) is 8.81. The number of aryl methyl sites for hydroxylation is 1. The van der Waals surface area contributed by atoms with Gasteiger partial charge in [-0.1, -0.05) is 18.6 Å². The zero-order chi connectivity index (χ0) is 20.1. The molecule has 0 aliphatic carbocycles. The molecule has 0 saturated heterocycles. The summed E-state index contributed by atoms with van der Waals surface area (Å²) < 4.78 is 16.1. The molecule has 7 nitrogen and oxygen atoms in total. The van der Waals surface area contributed by atoms with Crippen molar-refractivity contribution in [1.29, 1.82) is 0 Å². The van der Waals surface area contributed by atoms with E-state index >= 15 is 0 Å². The first kappa shape index (κ1) is 19.0. The third-order valence-corrected chi connectivity index (χ3v) is 5.00. The van der Waals surface area contributed by atoms with Crippen molar-refractivity contribution in [3.63, 3.8) is 0 Å². The number of halogens is 1. The van der Waals surface area contributed by atoms with Gasteiger partial charge in [-0.2, -0.15) is 0 Å². The standard InChI is InChI=1S/C21H23FN6O/c22-16-8-3-4-9-17(16)25-20-15(7-6-12-23-20)21(29)24-13-11-19-27-26-18-10-2-1-5-14-28(18)19/h3-4,6-9,12H,1-2,5,10-11,13-14H2,(H,23,25)(H,24,29). The Labute approximate surface area is 168 Å². The molecule has 150 valence electrons. The van der Waals surface area contributed by atoms with Crippen LogP contribution >= 0.6 is 0 Å². The predicted octanol–water partition coefficient (Wildman–Crippen LogP) is 3.25. The summed E-state index contributed by atoms with van der Waals surface area (Å²) in [5, 5.41) is 14.4. The number of fused-ring (bicyclic) bond motifs is 1. The lowest BCUT2D eigenvalue weighted by atomic mass is 10.2. The number of para-hydroxylation sites is 1. The molecule has 8 heteroatoms. The molecule has 1 aliphatic rings. The highest BCUT2D eigenvalue weighted by molar-refractivity contribution is 5.99. The van der Waals surface area contributed by atoms with Crippen LogP contribution in [0.3, 0.4) is 0 Å². The molecule has 1 amide bonds. The molecular weight excluding hydrogens is 371 g/mol. The third kappa shape index (κ3) is 4.42. The molecule has 0 bridgehead atoms. The Kier molecular flexibility index (Phi) is 5.79. The number of pyridine rings is 1. The van der Waals surface area contributed by atoms with Crippen LogP contribution in [-0.2, 0) is 19.4 Å². The Morgan fingerprint density at radius 1 is 1.10 bits per heavy atom. The molecule has 0 fully saturated rings. The Morgan fingerprint density at radius 3 is 2.90 bits per heavy atom. The number of benzene rings is 1. The van der Waals surface area contributed by atoms with Gasteiger partial charge in [0.15, 0.2) is 0 Å². The van der Waals surface area contributed by atoms with Crippen molar-refractivity contribution in [2.24, 2.45) is 0 Å². The largest absolute Gasteiger partial charge is 0.351 e. The Balaban J connectivity index is 1.41. The molecule has 1 aliphatic heterocycles. The van der Waals surface area contributed by atoms with Crippen molar-refractivity contribution < 1.29 is 9.18 Å². The number of hydrogen-bond acceptors (Lipinski definition) is 5. The molecular formula is C21H23FN6O. The molecule has 0 saturated carbocycles. The third-order valence-electron chi connectivity index (χ3n) is 5.00. The number of aromatic nitrogens is 4. The quantitative estimate of drug-likeness (QED) is 0.670. The first-order valence-corrected chi connectivity index (χ1v) is 9.88. The predicted molar refractivity (Wildman–Crippen MR) is 108 cm³/mol. The molecule has 1 aromatic carbocycles. The SMILES string of the molecule is O=C(NCCc1nnc2n1CCCCC2)c1cccnc1Nc1ccccc1F. The molecule has 4 rings (SSSR count). The van der Waals surface area contributed by atoms with Crippen LogP contribution in [-0.4, -0.2) is 32.2 Å². The van der Waals surface area contributed by atoms with Crippen LogP contribution in [0.25, 0.3) is 0 Å². The average Bonchev–Trinajstić information content (AvgIpc) is 2.96. The monoisotopic (exact) mass is 394 g/mol. The highest BCUT2D eigenvalue weighted by Crippen LogP contribution is 2.21. The number of nitrogens with zero attached hydrogens (tertiary/aromatic N) is 4. The van der Waals surface area contributed by atoms with E-state index in [0.717, 1.165) is 37.5 Å². The normalized spacial score (nSPS) is 13.4. The lowest BCUT2D eigenvalue weighted by Gasteiger charge is -2.12. The van der Waals surface area contributed by atoms with Gasteiger partial charge >= 0.3 is 0 Å². The lowest BCUT2D eigenvalue weighted by Crippen LogP contribution is -2.27. The minimum Gasteiger partial charge on any atom is -0.351 e. The summed E-state index contributed by atoms with van der Waals surface area (Å²) in [4.78, 5) is 16.9. The highest BCUT2D eigenvalue weighted by Gasteiger charge is 2.16. The van der Waals surface area contributed by atoms with E-state index in [2.05, 4.69) is 30.4 Å². The molecule has 3 aromatic rings. The molecule has 2 aromatic heterocycles. The zero-order valence-corrected chi connectivity index (χ0v) is 16.1. The van der Waals surface area contributed by atoms with E-state index in [1.807, 2.05) is 0 Å². The first-order valence-electron chi connectivity index (χ1n) is 9.88. The molecule has 0 atom stereocenters. The maximum Gasteiger partial charge on any atom is 0.255 e. The summed E-state index contributed by atoms with van der Waals surface area (Å²) in [6.45, 7) is 1.37. The number of nitrogens with one attached hydrogen (secondary N) is 2. The van der Waals surface area contributed by atoms with Crippen LogP contribution in [0, 0.1) is 5.82 Å². The van der Waals surface area contributed by atoms with Gasteiger partial charge in [0, 0.05) is 32.1 Å². The van der Waals surface area contributed by atoms with Crippen LogP contribution in [0.2, 0.25) is 0 Å². The van der Waals surface area contributed by atoms with E-state index in [4.69, 9.17) is 0 Å². The smallest absolute Gasteiger partial charge is 0.255 e. The summed E-state index contributed by atoms with van der Waals surface area (Å²) in [6.07, 6.45) is 6.61. The fraction of sp³-hybridized carbons (Fsp3) is 0.333. The van der Waals surface area contributed by atoms with E-state index in [9.17, 15) is 9.18 Å². The summed E-state index contributed by atoms with van der Waals surface area (Å²) in [5.74, 6) is 1.57. The van der Waals surface area contributed by atoms with Gasteiger partial charge in [-0.3, -0.25) is 4.79 Å². The first-order chi connectivity index (χ1) is 14.2. The van der Waals surface area contributed by atoms with E-state index < -0.39 is 5.82 Å². The van der Waals surface area contributed by atoms with Crippen molar-refractivity contribution in [3.8, 4) is 0 Å². The van der Waals surface area contributed by atoms with Gasteiger partial charge in [-0.25, -0.2) is 9.37 Å². The fourth-order valence-electron chi connectivity index (χ4n) is 3.49. The maximum absolute atomic E-state index is 13.9. The second-order valence-electron chi connectivity index (χ2n) is 7.01. The van der Waals surface area contributed by atoms with E-state index in [0.29, 0.717) is 24.3 Å². The fourth-order valence-corrected chi connectivity index (χ4v) is 3.49. The summed E-state index contributed by atoms with van der Waals surface area (Å²) in [6, 6.07) is 9.62. The van der Waals surface area contributed by atoms with Crippen LogP contribution in [0.4, 0.5) is 15.9 Å². The Bertz CT molecular complexity index is 1000. The van der Waals surface area contributed by atoms with Gasteiger partial charge in [-0.15, -0.1) is 10.2 Å². The van der Waals surface area contributed by atoms with Crippen molar-refractivity contribution in [2.45, 2.75) is 38.6 Å². The van der Waals surface area contributed by atoms with Gasteiger partial charge in [-0.05, 0) is 37.1 Å². The number of carbonyl (C=O) groups is 1. The van der Waals surface area contributed by atoms with Gasteiger partial charge in [0.25, 0.3) is 5.91 Å². The molecule has 0 radical (unpaired) electrons. The summed E-state index contributed by atoms with van der Waals surface area (Å²) >= 11 is 0. The zero-order valence-electron chi connectivity index (χ0n) is 16.1. The van der Waals surface area contributed by atoms with Crippen molar-refractivity contribution in [1.82, 2.24) is 25.1 Å². The van der Waals surface area contributed by atoms with Crippen molar-refractivity contribution >= 4 is 17.4 Å². The molecule has 3 heterocycles. The van der Waals surface area contributed by atoms with E-state index in [1.165, 1.54) is 12.5 Å². The Hall–Kier alpha value is -3.29. The summed E-state index contributed by atoms with van der Waals surface area (Å²) in [5.41, 5.74) is 0.627. The number of carbonyl (C=O) groups excluding carboxylic acids is 1. The van der Waals surface area contributed by atoms with Gasteiger partial charge in [0.05, 0.1) is 11.3 Å². The van der Waals surface area contributed by atoms with Crippen LogP contribution in [0.15, 0.2) is 42.6 Å². The van der Waals surface area contributed by atoms with Gasteiger partial charge in [0.2, 0.25) is 0 Å². The summed E-state index contributed by atoms with van der Waals surface area (Å²) in [7, 11) is 0. The topological polar surface area (TPSA) is 84.7 Å². The van der Waals surface area contributed by atoms with Crippen LogP contribution in [0.5, 0.6) is 0 Å². The Morgan fingerprint density at radius 2 is 2.00 bits per heavy atom. The van der Waals surface area contributed by atoms with Gasteiger partial charge < -0.3 is 15.2 Å². The minimum atomic E-state index is -0.406. The van der Waals surface area contributed by atoms with E-state index in [-0.39, 0.29) is 11.6 Å². The molecule has 29 heavy (non-hydrogen) atoms. The number of hydrogen-bond donors (Lipinski definition) is 2. The average molecular weight is 394 g/mol. The van der Waals surface area contributed by atoms with Crippen molar-refractivity contribution in [2.75, 3.05) is 11.9 Å². The molecule has 0 spiro atoms. The molecule has 0 unspecified atom stereocenters. The number of anilines is 2. The van der Waals surface area contributed by atoms with Crippen molar-refractivity contribution in [3.05, 3.63) is 65.6 Å². The number of rotatable bonds is 6. The second-order valence-corrected chi connectivity index (χ2v) is 7.01. The highest BCUT2D eigenvalue weighted by atomic mass is 19.1. The maximum atomic E-state index is 13.9. The van der Waals surface area contributed by atoms with Crippen LogP contribution < -0.4 is 10.6 Å².